The van der Waals surface area contributed by atoms with Crippen LogP contribution in [0.2, 0.25) is 0 Å². The summed E-state index contributed by atoms with van der Waals surface area (Å²) in [5.41, 5.74) is 0.389. The fourth-order valence-electron chi connectivity index (χ4n) is 3.13. The molecule has 0 saturated heterocycles. The van der Waals surface area contributed by atoms with Crippen LogP contribution in [0.5, 0.6) is 5.75 Å². The Kier molecular flexibility index (Phi) is 6.02. The van der Waals surface area contributed by atoms with Gasteiger partial charge in [0.2, 0.25) is 5.75 Å². The molecule has 1 nitrogen and oxygen atoms in total. The molecular formula is C18H19F5O. The molecule has 132 valence electrons. The van der Waals surface area contributed by atoms with Gasteiger partial charge in [-0.05, 0) is 61.6 Å². The number of hydrogen-bond donors (Lipinski definition) is 0. The summed E-state index contributed by atoms with van der Waals surface area (Å²) in [7, 11) is 0. The van der Waals surface area contributed by atoms with Gasteiger partial charge in [-0.2, -0.15) is 0 Å². The zero-order valence-electron chi connectivity index (χ0n) is 13.1. The molecule has 0 N–H and O–H groups in total. The van der Waals surface area contributed by atoms with Gasteiger partial charge in [0.1, 0.15) is 0 Å². The molecule has 2 rings (SSSR count). The summed E-state index contributed by atoms with van der Waals surface area (Å²) in [6.07, 6.45) is 4.78. The summed E-state index contributed by atoms with van der Waals surface area (Å²) in [6, 6.07) is 1.90. The minimum Gasteiger partial charge on any atom is -0.399 e. The molecule has 0 amide bonds. The standard InChI is InChI=1S/C18H19F5O/c1-2-3-4-5-12-6-8-13(9-7-12)14-10-15(19)17(16(20)11-14)24-18(21,22)23/h2-4,10-13H,1,5-9H2. The SMILES string of the molecule is C=CC=CCC1CCC(c2cc(F)c(OC(F)(F)F)c(F)c2)CC1. The molecule has 0 radical (unpaired) electrons. The van der Waals surface area contributed by atoms with Crippen LogP contribution in [-0.4, -0.2) is 6.36 Å². The van der Waals surface area contributed by atoms with E-state index >= 15 is 0 Å². The average Bonchev–Trinajstić information content (AvgIpc) is 2.51. The van der Waals surface area contributed by atoms with Crippen LogP contribution in [0.15, 0.2) is 36.9 Å². The van der Waals surface area contributed by atoms with Crippen molar-refractivity contribution in [3.8, 4) is 5.75 Å². The second kappa shape index (κ2) is 7.81. The summed E-state index contributed by atoms with van der Waals surface area (Å²) in [5, 5.41) is 0. The van der Waals surface area contributed by atoms with Crippen LogP contribution in [0.1, 0.15) is 43.6 Å². The number of halogens is 5. The molecule has 1 saturated carbocycles. The molecule has 0 heterocycles. The van der Waals surface area contributed by atoms with Gasteiger partial charge in [0, 0.05) is 0 Å². The van der Waals surface area contributed by atoms with Crippen LogP contribution < -0.4 is 4.74 Å². The molecule has 0 atom stereocenters. The van der Waals surface area contributed by atoms with Crippen LogP contribution in [0.4, 0.5) is 22.0 Å². The predicted molar refractivity (Wildman–Crippen MR) is 81.7 cm³/mol. The van der Waals surface area contributed by atoms with Crippen molar-refractivity contribution in [3.63, 3.8) is 0 Å². The minimum atomic E-state index is -5.12. The molecule has 24 heavy (non-hydrogen) atoms. The van der Waals surface area contributed by atoms with Gasteiger partial charge < -0.3 is 4.74 Å². The lowest BCUT2D eigenvalue weighted by Crippen LogP contribution is -2.19. The van der Waals surface area contributed by atoms with Crippen molar-refractivity contribution in [2.24, 2.45) is 5.92 Å². The van der Waals surface area contributed by atoms with Crippen molar-refractivity contribution in [1.29, 1.82) is 0 Å². The Morgan fingerprint density at radius 2 is 1.67 bits per heavy atom. The highest BCUT2D eigenvalue weighted by atomic mass is 19.4. The molecular weight excluding hydrogens is 327 g/mol. The van der Waals surface area contributed by atoms with Gasteiger partial charge in [-0.15, -0.1) is 13.2 Å². The van der Waals surface area contributed by atoms with E-state index in [-0.39, 0.29) is 5.92 Å². The predicted octanol–water partition coefficient (Wildman–Crippen LogP) is 6.27. The first-order valence-corrected chi connectivity index (χ1v) is 7.82. The van der Waals surface area contributed by atoms with Crippen molar-refractivity contribution in [2.75, 3.05) is 0 Å². The Bertz CT molecular complexity index is 575. The lowest BCUT2D eigenvalue weighted by atomic mass is 9.77. The van der Waals surface area contributed by atoms with E-state index in [1.807, 2.05) is 12.2 Å². The molecule has 1 aromatic carbocycles. The number of rotatable bonds is 5. The first-order valence-electron chi connectivity index (χ1n) is 7.82. The van der Waals surface area contributed by atoms with E-state index in [2.05, 4.69) is 11.3 Å². The van der Waals surface area contributed by atoms with Crippen molar-refractivity contribution in [1.82, 2.24) is 0 Å². The topological polar surface area (TPSA) is 9.23 Å². The van der Waals surface area contributed by atoms with Crippen LogP contribution in [-0.2, 0) is 0 Å². The maximum Gasteiger partial charge on any atom is 0.573 e. The Balaban J connectivity index is 2.03. The van der Waals surface area contributed by atoms with Crippen molar-refractivity contribution < 1.29 is 26.7 Å². The largest absolute Gasteiger partial charge is 0.573 e. The van der Waals surface area contributed by atoms with Crippen molar-refractivity contribution >= 4 is 0 Å². The minimum absolute atomic E-state index is 0.0476. The molecule has 1 aromatic rings. The number of alkyl halides is 3. The van der Waals surface area contributed by atoms with Gasteiger partial charge in [0.15, 0.2) is 11.6 Å². The van der Waals surface area contributed by atoms with Gasteiger partial charge in [0.25, 0.3) is 0 Å². The third kappa shape index (κ3) is 5.08. The second-order valence-electron chi connectivity index (χ2n) is 5.98. The van der Waals surface area contributed by atoms with E-state index < -0.39 is 23.7 Å². The van der Waals surface area contributed by atoms with E-state index in [0.29, 0.717) is 11.5 Å². The second-order valence-corrected chi connectivity index (χ2v) is 5.98. The van der Waals surface area contributed by atoms with Gasteiger partial charge in [-0.3, -0.25) is 0 Å². The van der Waals surface area contributed by atoms with Crippen LogP contribution in [0.3, 0.4) is 0 Å². The third-order valence-electron chi connectivity index (χ3n) is 4.30. The fourth-order valence-corrected chi connectivity index (χ4v) is 3.13. The normalized spacial score (nSPS) is 21.9. The quantitative estimate of drug-likeness (QED) is 0.451. The first kappa shape index (κ1) is 18.5. The van der Waals surface area contributed by atoms with Gasteiger partial charge in [-0.1, -0.05) is 24.8 Å². The van der Waals surface area contributed by atoms with E-state index in [4.69, 9.17) is 0 Å². The lowest BCUT2D eigenvalue weighted by Gasteiger charge is -2.28. The van der Waals surface area contributed by atoms with Crippen molar-refractivity contribution in [3.05, 3.63) is 54.1 Å². The Morgan fingerprint density at radius 1 is 1.08 bits per heavy atom. The summed E-state index contributed by atoms with van der Waals surface area (Å²) in [5.74, 6) is -3.57. The maximum absolute atomic E-state index is 13.8. The Labute approximate surface area is 137 Å². The summed E-state index contributed by atoms with van der Waals surface area (Å²) in [4.78, 5) is 0. The highest BCUT2D eigenvalue weighted by Gasteiger charge is 2.34. The number of benzene rings is 1. The van der Waals surface area contributed by atoms with Crippen LogP contribution in [0, 0.1) is 17.6 Å². The molecule has 0 bridgehead atoms. The molecule has 0 aromatic heterocycles. The summed E-state index contributed by atoms with van der Waals surface area (Å²) < 4.78 is 67.5. The highest BCUT2D eigenvalue weighted by Crippen LogP contribution is 2.39. The van der Waals surface area contributed by atoms with Crippen molar-refractivity contribution in [2.45, 2.75) is 44.4 Å². The zero-order valence-corrected chi connectivity index (χ0v) is 13.1. The first-order chi connectivity index (χ1) is 11.3. The van der Waals surface area contributed by atoms with E-state index in [0.717, 1.165) is 44.2 Å². The molecule has 1 aliphatic carbocycles. The van der Waals surface area contributed by atoms with E-state index in [9.17, 15) is 22.0 Å². The number of ether oxygens (including phenoxy) is 1. The third-order valence-corrected chi connectivity index (χ3v) is 4.30. The monoisotopic (exact) mass is 346 g/mol. The maximum atomic E-state index is 13.8. The lowest BCUT2D eigenvalue weighted by molar-refractivity contribution is -0.276. The van der Waals surface area contributed by atoms with E-state index in [1.54, 1.807) is 6.08 Å². The Morgan fingerprint density at radius 3 is 2.17 bits per heavy atom. The smallest absolute Gasteiger partial charge is 0.399 e. The zero-order chi connectivity index (χ0) is 17.7. The average molecular weight is 346 g/mol. The number of allylic oxidation sites excluding steroid dienone is 3. The fraction of sp³-hybridized carbons (Fsp3) is 0.444. The molecule has 0 unspecified atom stereocenters. The van der Waals surface area contributed by atoms with Gasteiger partial charge in [0.05, 0.1) is 0 Å². The summed E-state index contributed by atoms with van der Waals surface area (Å²) in [6.45, 7) is 3.60. The van der Waals surface area contributed by atoms with Crippen LogP contribution in [0.25, 0.3) is 0 Å². The Hall–Kier alpha value is -1.85. The summed E-state index contributed by atoms with van der Waals surface area (Å²) >= 11 is 0. The number of hydrogen-bond acceptors (Lipinski definition) is 1. The molecule has 0 spiro atoms. The molecule has 1 fully saturated rings. The van der Waals surface area contributed by atoms with E-state index in [1.165, 1.54) is 0 Å². The molecule has 6 heteroatoms. The highest BCUT2D eigenvalue weighted by molar-refractivity contribution is 5.33. The molecule has 0 aliphatic heterocycles. The van der Waals surface area contributed by atoms with Gasteiger partial charge in [-0.25, -0.2) is 8.78 Å². The van der Waals surface area contributed by atoms with Gasteiger partial charge >= 0.3 is 6.36 Å². The molecule has 1 aliphatic rings. The van der Waals surface area contributed by atoms with Crippen LogP contribution >= 0.6 is 0 Å².